The molecule has 0 atom stereocenters. The summed E-state index contributed by atoms with van der Waals surface area (Å²) in [5.41, 5.74) is 4.07. The first-order chi connectivity index (χ1) is 14.2. The maximum absolute atomic E-state index is 13.1. The van der Waals surface area contributed by atoms with Crippen LogP contribution in [0.4, 0.5) is 0 Å². The molecule has 4 aromatic rings. The van der Waals surface area contributed by atoms with E-state index in [4.69, 9.17) is 16.3 Å². The Kier molecular flexibility index (Phi) is 4.11. The molecule has 1 aliphatic rings. The quantitative estimate of drug-likeness (QED) is 0.392. The van der Waals surface area contributed by atoms with Crippen molar-refractivity contribution in [2.24, 2.45) is 0 Å². The van der Waals surface area contributed by atoms with Gasteiger partial charge >= 0.3 is 6.01 Å². The zero-order chi connectivity index (χ0) is 20.0. The standard InChI is InChI=1S/C23H14ClN3O2/c1-2-12-29-23-26-21(25-22(24)27-23)17-11-10-15-13-6-3-4-7-16(13)20(28)18-9-5-8-14(17)19(15)18/h2-11H,1,12H2. The molecule has 140 valence electrons. The summed E-state index contributed by atoms with van der Waals surface area (Å²) in [4.78, 5) is 25.8. The van der Waals surface area contributed by atoms with Gasteiger partial charge in [-0.15, -0.1) is 0 Å². The minimum atomic E-state index is 0.0135. The van der Waals surface area contributed by atoms with Crippen molar-refractivity contribution in [3.05, 3.63) is 83.7 Å². The highest BCUT2D eigenvalue weighted by Gasteiger charge is 2.26. The molecule has 5 rings (SSSR count). The van der Waals surface area contributed by atoms with Gasteiger partial charge in [0, 0.05) is 22.1 Å². The third-order valence-corrected chi connectivity index (χ3v) is 5.07. The Labute approximate surface area is 171 Å². The van der Waals surface area contributed by atoms with E-state index in [1.807, 2.05) is 54.6 Å². The van der Waals surface area contributed by atoms with Crippen LogP contribution in [0.3, 0.4) is 0 Å². The fourth-order valence-corrected chi connectivity index (χ4v) is 3.88. The number of benzene rings is 3. The minimum absolute atomic E-state index is 0.0135. The number of ether oxygens (including phenoxy) is 1. The first-order valence-electron chi connectivity index (χ1n) is 9.03. The molecule has 0 saturated heterocycles. The van der Waals surface area contributed by atoms with Crippen LogP contribution >= 0.6 is 11.6 Å². The Hall–Kier alpha value is -3.57. The summed E-state index contributed by atoms with van der Waals surface area (Å²) in [7, 11) is 0. The Morgan fingerprint density at radius 3 is 2.45 bits per heavy atom. The second kappa shape index (κ2) is 6.79. The lowest BCUT2D eigenvalue weighted by Crippen LogP contribution is -2.10. The molecule has 0 aliphatic heterocycles. The normalized spacial score (nSPS) is 12.0. The summed E-state index contributed by atoms with van der Waals surface area (Å²) in [5.74, 6) is 0.401. The van der Waals surface area contributed by atoms with Gasteiger partial charge in [0.1, 0.15) is 6.61 Å². The molecule has 1 aromatic heterocycles. The van der Waals surface area contributed by atoms with Crippen LogP contribution in [0, 0.1) is 0 Å². The maximum Gasteiger partial charge on any atom is 0.321 e. The molecule has 0 spiro atoms. The van der Waals surface area contributed by atoms with Gasteiger partial charge in [-0.3, -0.25) is 4.79 Å². The van der Waals surface area contributed by atoms with Gasteiger partial charge < -0.3 is 4.74 Å². The number of carbonyl (C=O) groups excluding carboxylic acids is 1. The van der Waals surface area contributed by atoms with Gasteiger partial charge in [0.25, 0.3) is 0 Å². The molecule has 0 radical (unpaired) electrons. The van der Waals surface area contributed by atoms with Crippen LogP contribution in [0.5, 0.6) is 6.01 Å². The zero-order valence-corrected chi connectivity index (χ0v) is 16.0. The van der Waals surface area contributed by atoms with Gasteiger partial charge in [-0.05, 0) is 34.2 Å². The lowest BCUT2D eigenvalue weighted by Gasteiger charge is -2.21. The van der Waals surface area contributed by atoms with E-state index in [1.165, 1.54) is 0 Å². The lowest BCUT2D eigenvalue weighted by molar-refractivity contribution is 0.104. The van der Waals surface area contributed by atoms with E-state index in [0.717, 1.165) is 27.5 Å². The molecule has 0 unspecified atom stereocenters. The molecule has 1 heterocycles. The SMILES string of the molecule is C=CCOc1nc(Cl)nc(-c2ccc3c4c(cccc24)C(=O)c2ccccc2-3)n1. The van der Waals surface area contributed by atoms with Gasteiger partial charge in [-0.2, -0.15) is 15.0 Å². The van der Waals surface area contributed by atoms with Crippen molar-refractivity contribution in [2.75, 3.05) is 6.61 Å². The first-order valence-corrected chi connectivity index (χ1v) is 9.40. The van der Waals surface area contributed by atoms with Crippen LogP contribution < -0.4 is 4.74 Å². The van der Waals surface area contributed by atoms with Crippen molar-refractivity contribution in [3.8, 4) is 28.5 Å². The summed E-state index contributed by atoms with van der Waals surface area (Å²) < 4.78 is 5.43. The molecule has 0 amide bonds. The Morgan fingerprint density at radius 1 is 0.862 bits per heavy atom. The monoisotopic (exact) mass is 399 g/mol. The minimum Gasteiger partial charge on any atom is -0.459 e. The predicted molar refractivity (Wildman–Crippen MR) is 112 cm³/mol. The highest BCUT2D eigenvalue weighted by Crippen LogP contribution is 2.42. The molecule has 3 aromatic carbocycles. The van der Waals surface area contributed by atoms with Crippen LogP contribution in [0.25, 0.3) is 33.3 Å². The molecular formula is C23H14ClN3O2. The van der Waals surface area contributed by atoms with E-state index in [9.17, 15) is 4.79 Å². The number of hydrogen-bond donors (Lipinski definition) is 0. The molecule has 1 aliphatic carbocycles. The van der Waals surface area contributed by atoms with Gasteiger partial charge in [-0.1, -0.05) is 61.2 Å². The predicted octanol–water partition coefficient (Wildman–Crippen LogP) is 5.12. The number of hydrogen-bond acceptors (Lipinski definition) is 5. The van der Waals surface area contributed by atoms with E-state index in [-0.39, 0.29) is 23.7 Å². The molecule has 29 heavy (non-hydrogen) atoms. The van der Waals surface area contributed by atoms with E-state index >= 15 is 0 Å². The fraction of sp³-hybridized carbons (Fsp3) is 0.0435. The second-order valence-electron chi connectivity index (χ2n) is 6.57. The molecule has 0 bridgehead atoms. The van der Waals surface area contributed by atoms with E-state index in [2.05, 4.69) is 21.5 Å². The van der Waals surface area contributed by atoms with Crippen molar-refractivity contribution in [1.82, 2.24) is 15.0 Å². The summed E-state index contributed by atoms with van der Waals surface area (Å²) in [6, 6.07) is 17.4. The Morgan fingerprint density at radius 2 is 1.62 bits per heavy atom. The van der Waals surface area contributed by atoms with Crippen molar-refractivity contribution in [1.29, 1.82) is 0 Å². The van der Waals surface area contributed by atoms with E-state index < -0.39 is 0 Å². The van der Waals surface area contributed by atoms with Crippen molar-refractivity contribution in [3.63, 3.8) is 0 Å². The molecule has 0 fully saturated rings. The fourth-order valence-electron chi connectivity index (χ4n) is 3.73. The third-order valence-electron chi connectivity index (χ3n) is 4.91. The third kappa shape index (κ3) is 2.79. The number of fused-ring (bicyclic) bond motifs is 2. The average Bonchev–Trinajstić information content (AvgIpc) is 2.75. The number of nitrogens with zero attached hydrogens (tertiary/aromatic N) is 3. The topological polar surface area (TPSA) is 65.0 Å². The molecule has 0 saturated carbocycles. The van der Waals surface area contributed by atoms with Crippen LogP contribution in [-0.2, 0) is 0 Å². The number of ketones is 1. The summed E-state index contributed by atoms with van der Waals surface area (Å²) in [6.45, 7) is 3.88. The average molecular weight is 400 g/mol. The first kappa shape index (κ1) is 17.5. The lowest BCUT2D eigenvalue weighted by atomic mass is 9.82. The van der Waals surface area contributed by atoms with Gasteiger partial charge in [0.2, 0.25) is 5.28 Å². The summed E-state index contributed by atoms with van der Waals surface area (Å²) in [5, 5.41) is 1.80. The molecule has 6 heteroatoms. The van der Waals surface area contributed by atoms with Crippen LogP contribution in [0.1, 0.15) is 15.9 Å². The molecule has 5 nitrogen and oxygen atoms in total. The summed E-state index contributed by atoms with van der Waals surface area (Å²) in [6.07, 6.45) is 1.60. The molecular weight excluding hydrogens is 386 g/mol. The van der Waals surface area contributed by atoms with Crippen LogP contribution in [0.2, 0.25) is 5.28 Å². The van der Waals surface area contributed by atoms with Crippen molar-refractivity contribution >= 4 is 28.2 Å². The van der Waals surface area contributed by atoms with Crippen molar-refractivity contribution in [2.45, 2.75) is 0 Å². The summed E-state index contributed by atoms with van der Waals surface area (Å²) >= 11 is 6.10. The van der Waals surface area contributed by atoms with Gasteiger partial charge in [0.05, 0.1) is 0 Å². The van der Waals surface area contributed by atoms with Crippen LogP contribution in [-0.4, -0.2) is 27.3 Å². The second-order valence-corrected chi connectivity index (χ2v) is 6.91. The highest BCUT2D eigenvalue weighted by atomic mass is 35.5. The number of rotatable bonds is 4. The van der Waals surface area contributed by atoms with Gasteiger partial charge in [-0.25, -0.2) is 0 Å². The Bertz CT molecular complexity index is 1320. The number of carbonyl (C=O) groups is 1. The largest absolute Gasteiger partial charge is 0.459 e. The van der Waals surface area contributed by atoms with Crippen LogP contribution in [0.15, 0.2) is 67.3 Å². The highest BCUT2D eigenvalue weighted by molar-refractivity contribution is 6.28. The number of aromatic nitrogens is 3. The number of halogens is 1. The van der Waals surface area contributed by atoms with E-state index in [0.29, 0.717) is 17.0 Å². The maximum atomic E-state index is 13.1. The van der Waals surface area contributed by atoms with Crippen molar-refractivity contribution < 1.29 is 9.53 Å². The smallest absolute Gasteiger partial charge is 0.321 e. The Balaban J connectivity index is 1.78. The van der Waals surface area contributed by atoms with E-state index in [1.54, 1.807) is 6.08 Å². The zero-order valence-electron chi connectivity index (χ0n) is 15.2. The molecule has 0 N–H and O–H groups in total. The van der Waals surface area contributed by atoms with Gasteiger partial charge in [0.15, 0.2) is 11.6 Å².